The smallest absolute Gasteiger partial charge is 0.169 e. The number of benzene rings is 1. The summed E-state index contributed by atoms with van der Waals surface area (Å²) >= 11 is 9.51. The maximum atomic E-state index is 6.12. The molecule has 1 heterocycles. The van der Waals surface area contributed by atoms with Crippen molar-refractivity contribution in [2.24, 2.45) is 0 Å². The second kappa shape index (κ2) is 4.43. The predicted molar refractivity (Wildman–Crippen MR) is 67.9 cm³/mol. The van der Waals surface area contributed by atoms with E-state index in [1.807, 2.05) is 19.1 Å². The minimum Gasteiger partial charge on any atom is -0.381 e. The predicted octanol–water partition coefficient (Wildman–Crippen LogP) is 2.83. The van der Waals surface area contributed by atoms with Crippen molar-refractivity contribution in [2.45, 2.75) is 13.3 Å². The Morgan fingerprint density at radius 3 is 2.94 bits per heavy atom. The lowest BCUT2D eigenvalue weighted by molar-refractivity contribution is 0.767. The highest BCUT2D eigenvalue weighted by Gasteiger charge is 2.12. The monoisotopic (exact) mass is 300 g/mol. The molecule has 0 aliphatic carbocycles. The van der Waals surface area contributed by atoms with Crippen molar-refractivity contribution >= 4 is 33.3 Å². The van der Waals surface area contributed by atoms with Crippen LogP contribution in [0.15, 0.2) is 22.7 Å². The van der Waals surface area contributed by atoms with Gasteiger partial charge in [0.15, 0.2) is 5.82 Å². The summed E-state index contributed by atoms with van der Waals surface area (Å²) in [6.07, 6.45) is 0.752. The fraction of sp³-hybridized carbons (Fsp3) is 0.200. The summed E-state index contributed by atoms with van der Waals surface area (Å²) in [6.45, 7) is 2.00. The van der Waals surface area contributed by atoms with E-state index in [1.54, 1.807) is 10.7 Å². The van der Waals surface area contributed by atoms with Crippen LogP contribution < -0.4 is 5.73 Å². The van der Waals surface area contributed by atoms with Gasteiger partial charge in [0.25, 0.3) is 0 Å². The summed E-state index contributed by atoms with van der Waals surface area (Å²) in [7, 11) is 0. The number of rotatable bonds is 2. The summed E-state index contributed by atoms with van der Waals surface area (Å²) in [4.78, 5) is 0. The Hall–Kier alpha value is -1.07. The van der Waals surface area contributed by atoms with Crippen molar-refractivity contribution in [3.05, 3.63) is 33.4 Å². The molecule has 0 bridgehead atoms. The molecule has 4 nitrogen and oxygen atoms in total. The van der Waals surface area contributed by atoms with Crippen LogP contribution >= 0.6 is 27.5 Å². The Kier molecular flexibility index (Phi) is 3.16. The van der Waals surface area contributed by atoms with E-state index in [9.17, 15) is 0 Å². The van der Waals surface area contributed by atoms with Crippen molar-refractivity contribution < 1.29 is 0 Å². The number of halogens is 2. The quantitative estimate of drug-likeness (QED) is 0.928. The zero-order valence-corrected chi connectivity index (χ0v) is 11.0. The van der Waals surface area contributed by atoms with Crippen molar-refractivity contribution in [3.8, 4) is 5.69 Å². The van der Waals surface area contributed by atoms with Gasteiger partial charge in [0.2, 0.25) is 0 Å². The maximum absolute atomic E-state index is 6.12. The molecule has 0 amide bonds. The Labute approximate surface area is 107 Å². The molecule has 1 aromatic carbocycles. The third-order valence-electron chi connectivity index (χ3n) is 2.26. The summed E-state index contributed by atoms with van der Waals surface area (Å²) in [5.41, 5.74) is 7.36. The zero-order chi connectivity index (χ0) is 11.7. The Morgan fingerprint density at radius 2 is 2.25 bits per heavy atom. The highest BCUT2D eigenvalue weighted by Crippen LogP contribution is 2.26. The number of anilines is 1. The molecule has 16 heavy (non-hydrogen) atoms. The van der Waals surface area contributed by atoms with Crippen molar-refractivity contribution in [3.63, 3.8) is 0 Å². The molecule has 1 aromatic heterocycles. The van der Waals surface area contributed by atoms with E-state index >= 15 is 0 Å². The van der Waals surface area contributed by atoms with E-state index in [2.05, 4.69) is 26.2 Å². The Morgan fingerprint density at radius 1 is 1.50 bits per heavy atom. The molecule has 0 aliphatic rings. The standard InChI is InChI=1S/C10H10BrClN4/c1-2-8-10(13)14-15-16(8)9-5-6(11)3-4-7(9)12/h3-5H,2,13H2,1H3. The van der Waals surface area contributed by atoms with Crippen LogP contribution in [-0.4, -0.2) is 15.0 Å². The molecule has 84 valence electrons. The Bertz CT molecular complexity index is 524. The normalized spacial score (nSPS) is 10.7. The number of aromatic nitrogens is 3. The van der Waals surface area contributed by atoms with Crippen molar-refractivity contribution in [1.29, 1.82) is 0 Å². The van der Waals surface area contributed by atoms with Gasteiger partial charge in [-0.3, -0.25) is 0 Å². The zero-order valence-electron chi connectivity index (χ0n) is 8.61. The van der Waals surface area contributed by atoms with Gasteiger partial charge in [-0.05, 0) is 24.6 Å². The van der Waals surface area contributed by atoms with Crippen LogP contribution in [0.25, 0.3) is 5.69 Å². The summed E-state index contributed by atoms with van der Waals surface area (Å²) in [5, 5.41) is 8.46. The second-order valence-electron chi connectivity index (χ2n) is 3.28. The topological polar surface area (TPSA) is 56.7 Å². The minimum atomic E-state index is 0.443. The van der Waals surface area contributed by atoms with Crippen LogP contribution in [0.5, 0.6) is 0 Å². The molecule has 0 spiro atoms. The largest absolute Gasteiger partial charge is 0.381 e. The molecule has 0 atom stereocenters. The van der Waals surface area contributed by atoms with E-state index in [0.717, 1.165) is 22.3 Å². The van der Waals surface area contributed by atoms with Gasteiger partial charge in [0.1, 0.15) is 0 Å². The highest BCUT2D eigenvalue weighted by molar-refractivity contribution is 9.10. The van der Waals surface area contributed by atoms with Crippen LogP contribution in [0, 0.1) is 0 Å². The number of hydrogen-bond acceptors (Lipinski definition) is 3. The molecule has 0 saturated heterocycles. The number of hydrogen-bond donors (Lipinski definition) is 1. The van der Waals surface area contributed by atoms with E-state index in [-0.39, 0.29) is 0 Å². The molecule has 0 fully saturated rings. The molecule has 2 rings (SSSR count). The van der Waals surface area contributed by atoms with Crippen molar-refractivity contribution in [2.75, 3.05) is 5.73 Å². The van der Waals surface area contributed by atoms with Gasteiger partial charge in [0, 0.05) is 4.47 Å². The van der Waals surface area contributed by atoms with Gasteiger partial charge in [-0.25, -0.2) is 4.68 Å². The number of nitrogen functional groups attached to an aromatic ring is 1. The van der Waals surface area contributed by atoms with Crippen LogP contribution in [0.1, 0.15) is 12.6 Å². The van der Waals surface area contributed by atoms with Gasteiger partial charge < -0.3 is 5.73 Å². The van der Waals surface area contributed by atoms with E-state index in [1.165, 1.54) is 0 Å². The van der Waals surface area contributed by atoms with Gasteiger partial charge in [-0.2, -0.15) is 0 Å². The summed E-state index contributed by atoms with van der Waals surface area (Å²) in [6, 6.07) is 5.56. The van der Waals surface area contributed by atoms with E-state index in [4.69, 9.17) is 17.3 Å². The van der Waals surface area contributed by atoms with Crippen LogP contribution in [0.3, 0.4) is 0 Å². The molecular formula is C10H10BrClN4. The molecule has 2 N–H and O–H groups in total. The van der Waals surface area contributed by atoms with Crippen LogP contribution in [0.2, 0.25) is 5.02 Å². The van der Waals surface area contributed by atoms with Gasteiger partial charge >= 0.3 is 0 Å². The molecule has 0 radical (unpaired) electrons. The second-order valence-corrected chi connectivity index (χ2v) is 4.61. The van der Waals surface area contributed by atoms with Crippen LogP contribution in [-0.2, 0) is 6.42 Å². The molecule has 2 aromatic rings. The van der Waals surface area contributed by atoms with Gasteiger partial charge in [-0.15, -0.1) is 5.10 Å². The summed E-state index contributed by atoms with van der Waals surface area (Å²) in [5.74, 6) is 0.443. The van der Waals surface area contributed by atoms with E-state index < -0.39 is 0 Å². The fourth-order valence-electron chi connectivity index (χ4n) is 1.49. The molecule has 0 aliphatic heterocycles. The summed E-state index contributed by atoms with van der Waals surface area (Å²) < 4.78 is 2.60. The fourth-order valence-corrected chi connectivity index (χ4v) is 2.03. The first-order chi connectivity index (χ1) is 7.63. The third-order valence-corrected chi connectivity index (χ3v) is 3.08. The lowest BCUT2D eigenvalue weighted by Crippen LogP contribution is -2.03. The Balaban J connectivity index is 2.62. The first-order valence-corrected chi connectivity index (χ1v) is 5.96. The molecule has 6 heteroatoms. The first kappa shape index (κ1) is 11.4. The van der Waals surface area contributed by atoms with Crippen molar-refractivity contribution in [1.82, 2.24) is 15.0 Å². The van der Waals surface area contributed by atoms with Gasteiger partial charge in [-0.1, -0.05) is 39.7 Å². The highest BCUT2D eigenvalue weighted by atomic mass is 79.9. The van der Waals surface area contributed by atoms with E-state index in [0.29, 0.717) is 10.8 Å². The first-order valence-electron chi connectivity index (χ1n) is 4.79. The maximum Gasteiger partial charge on any atom is 0.169 e. The molecule has 0 unspecified atom stereocenters. The van der Waals surface area contributed by atoms with Gasteiger partial charge in [0.05, 0.1) is 16.4 Å². The number of nitrogens with zero attached hydrogens (tertiary/aromatic N) is 3. The average molecular weight is 302 g/mol. The SMILES string of the molecule is CCc1c(N)nnn1-c1cc(Br)ccc1Cl. The average Bonchev–Trinajstić information content (AvgIpc) is 2.63. The minimum absolute atomic E-state index is 0.443. The number of nitrogens with two attached hydrogens (primary N) is 1. The van der Waals surface area contributed by atoms with Crippen LogP contribution in [0.4, 0.5) is 5.82 Å². The third kappa shape index (κ3) is 1.92. The molecular weight excluding hydrogens is 291 g/mol. The lowest BCUT2D eigenvalue weighted by atomic mass is 10.3. The lowest BCUT2D eigenvalue weighted by Gasteiger charge is -2.07. The molecule has 0 saturated carbocycles.